The minimum Gasteiger partial charge on any atom is -0.359 e. The molecule has 1 heterocycles. The lowest BCUT2D eigenvalue weighted by Crippen LogP contribution is -2.33. The van der Waals surface area contributed by atoms with Crippen molar-refractivity contribution in [1.29, 1.82) is 0 Å². The van der Waals surface area contributed by atoms with Crippen LogP contribution in [0.3, 0.4) is 0 Å². The molecule has 0 aromatic heterocycles. The van der Waals surface area contributed by atoms with Gasteiger partial charge in [-0.1, -0.05) is 6.92 Å². The van der Waals surface area contributed by atoms with E-state index in [1.807, 2.05) is 11.8 Å². The van der Waals surface area contributed by atoms with Crippen LogP contribution in [0.2, 0.25) is 0 Å². The third kappa shape index (κ3) is 3.57. The van der Waals surface area contributed by atoms with E-state index in [0.717, 1.165) is 13.0 Å². The van der Waals surface area contributed by atoms with Crippen LogP contribution in [0.1, 0.15) is 13.3 Å². The van der Waals surface area contributed by atoms with Gasteiger partial charge in [0.1, 0.15) is 6.54 Å². The zero-order chi connectivity index (χ0) is 9.90. The van der Waals surface area contributed by atoms with Crippen molar-refractivity contribution in [2.45, 2.75) is 19.5 Å². The zero-order valence-electron chi connectivity index (χ0n) is 7.51. The van der Waals surface area contributed by atoms with Gasteiger partial charge in [0, 0.05) is 18.9 Å². The average molecular weight is 194 g/mol. The van der Waals surface area contributed by atoms with E-state index in [9.17, 15) is 13.2 Å². The first-order chi connectivity index (χ1) is 6.01. The molecule has 0 fully saturated rings. The molecule has 0 saturated heterocycles. The number of hydrogen-bond donors (Lipinski definition) is 0. The lowest BCUT2D eigenvalue weighted by Gasteiger charge is -2.21. The Bertz CT molecular complexity index is 188. The molecule has 0 saturated carbocycles. The molecule has 0 bridgehead atoms. The van der Waals surface area contributed by atoms with Crippen molar-refractivity contribution in [1.82, 2.24) is 9.80 Å². The van der Waals surface area contributed by atoms with E-state index in [1.54, 1.807) is 6.20 Å². The Labute approximate surface area is 75.6 Å². The molecule has 0 aromatic carbocycles. The van der Waals surface area contributed by atoms with E-state index < -0.39 is 12.7 Å². The van der Waals surface area contributed by atoms with E-state index in [0.29, 0.717) is 6.67 Å². The third-order valence-corrected chi connectivity index (χ3v) is 1.74. The molecule has 0 radical (unpaired) electrons. The zero-order valence-corrected chi connectivity index (χ0v) is 7.51. The maximum Gasteiger partial charge on any atom is 0.405 e. The monoisotopic (exact) mass is 194 g/mol. The van der Waals surface area contributed by atoms with Crippen molar-refractivity contribution < 1.29 is 13.2 Å². The van der Waals surface area contributed by atoms with Crippen molar-refractivity contribution in [2.75, 3.05) is 19.8 Å². The van der Waals surface area contributed by atoms with Crippen molar-refractivity contribution in [3.05, 3.63) is 12.4 Å². The van der Waals surface area contributed by atoms with E-state index in [2.05, 4.69) is 0 Å². The van der Waals surface area contributed by atoms with Crippen LogP contribution in [-0.2, 0) is 0 Å². The Balaban J connectivity index is 2.30. The summed E-state index contributed by atoms with van der Waals surface area (Å²) in [5.74, 6) is 0. The Morgan fingerprint density at radius 2 is 1.85 bits per heavy atom. The highest BCUT2D eigenvalue weighted by Crippen LogP contribution is 2.19. The van der Waals surface area contributed by atoms with Gasteiger partial charge in [-0.25, -0.2) is 0 Å². The van der Waals surface area contributed by atoms with Gasteiger partial charge in [-0.2, -0.15) is 13.2 Å². The summed E-state index contributed by atoms with van der Waals surface area (Å²) in [5, 5.41) is 0. The summed E-state index contributed by atoms with van der Waals surface area (Å²) in [5.41, 5.74) is 0. The van der Waals surface area contributed by atoms with E-state index in [4.69, 9.17) is 0 Å². The first kappa shape index (κ1) is 10.2. The molecule has 76 valence electrons. The van der Waals surface area contributed by atoms with Gasteiger partial charge < -0.3 is 9.80 Å². The molecule has 1 aliphatic rings. The second-order valence-electron chi connectivity index (χ2n) is 3.11. The largest absolute Gasteiger partial charge is 0.405 e. The van der Waals surface area contributed by atoms with Gasteiger partial charge >= 0.3 is 6.18 Å². The van der Waals surface area contributed by atoms with Gasteiger partial charge in [-0.15, -0.1) is 0 Å². The molecule has 1 aliphatic heterocycles. The summed E-state index contributed by atoms with van der Waals surface area (Å²) in [6.45, 7) is 2.31. The molecule has 1 rings (SSSR count). The summed E-state index contributed by atoms with van der Waals surface area (Å²) >= 11 is 0. The number of nitrogens with zero attached hydrogens (tertiary/aromatic N) is 2. The highest BCUT2D eigenvalue weighted by molar-refractivity contribution is 4.91. The van der Waals surface area contributed by atoms with E-state index in [1.165, 1.54) is 11.1 Å². The topological polar surface area (TPSA) is 6.48 Å². The highest BCUT2D eigenvalue weighted by atomic mass is 19.4. The van der Waals surface area contributed by atoms with Crippen LogP contribution < -0.4 is 0 Å². The normalized spacial score (nSPS) is 17.2. The molecule has 0 aromatic rings. The summed E-state index contributed by atoms with van der Waals surface area (Å²) in [6, 6.07) is 0. The van der Waals surface area contributed by atoms with Crippen LogP contribution in [0.5, 0.6) is 0 Å². The Morgan fingerprint density at radius 1 is 1.23 bits per heavy atom. The van der Waals surface area contributed by atoms with Gasteiger partial charge in [0.15, 0.2) is 0 Å². The molecule has 13 heavy (non-hydrogen) atoms. The van der Waals surface area contributed by atoms with Crippen molar-refractivity contribution in [2.24, 2.45) is 0 Å². The summed E-state index contributed by atoms with van der Waals surface area (Å²) in [4.78, 5) is 3.13. The fraction of sp³-hybridized carbons (Fsp3) is 0.750. The number of alkyl halides is 3. The fourth-order valence-electron chi connectivity index (χ4n) is 1.28. The van der Waals surface area contributed by atoms with E-state index in [-0.39, 0.29) is 0 Å². The maximum absolute atomic E-state index is 11.9. The standard InChI is InChI=1S/C8H13F3N2/c1-2-3-12-4-5-13(7-12)6-8(9,10)11/h4-5H,2-3,6-7H2,1H3. The Morgan fingerprint density at radius 3 is 2.38 bits per heavy atom. The van der Waals surface area contributed by atoms with E-state index >= 15 is 0 Å². The van der Waals surface area contributed by atoms with Crippen molar-refractivity contribution >= 4 is 0 Å². The smallest absolute Gasteiger partial charge is 0.359 e. The third-order valence-electron chi connectivity index (χ3n) is 1.74. The van der Waals surface area contributed by atoms with Crippen LogP contribution >= 0.6 is 0 Å². The molecule has 0 spiro atoms. The van der Waals surface area contributed by atoms with Crippen LogP contribution in [0, 0.1) is 0 Å². The molecule has 5 heteroatoms. The molecule has 0 N–H and O–H groups in total. The molecule has 0 amide bonds. The predicted molar refractivity (Wildman–Crippen MR) is 43.8 cm³/mol. The lowest BCUT2D eigenvalue weighted by atomic mass is 10.4. The molecule has 0 aliphatic carbocycles. The summed E-state index contributed by atoms with van der Waals surface area (Å²) in [7, 11) is 0. The van der Waals surface area contributed by atoms with Crippen LogP contribution in [0.4, 0.5) is 13.2 Å². The SMILES string of the molecule is CCCN1C=CN(CC(F)(F)F)C1. The number of hydrogen-bond acceptors (Lipinski definition) is 2. The number of halogens is 3. The highest BCUT2D eigenvalue weighted by Gasteiger charge is 2.31. The van der Waals surface area contributed by atoms with Crippen LogP contribution in [0.25, 0.3) is 0 Å². The van der Waals surface area contributed by atoms with Crippen LogP contribution in [-0.4, -0.2) is 35.7 Å². The van der Waals surface area contributed by atoms with Gasteiger partial charge in [-0.3, -0.25) is 0 Å². The second kappa shape index (κ2) is 3.89. The molecule has 2 nitrogen and oxygen atoms in total. The summed E-state index contributed by atoms with van der Waals surface area (Å²) in [6.07, 6.45) is 0.0369. The molecular weight excluding hydrogens is 181 g/mol. The molecular formula is C8H13F3N2. The predicted octanol–water partition coefficient (Wildman–Crippen LogP) is 2.00. The van der Waals surface area contributed by atoms with Gasteiger partial charge in [0.25, 0.3) is 0 Å². The van der Waals surface area contributed by atoms with Gasteiger partial charge in [-0.05, 0) is 6.42 Å². The second-order valence-corrected chi connectivity index (χ2v) is 3.11. The fourth-order valence-corrected chi connectivity index (χ4v) is 1.28. The first-order valence-corrected chi connectivity index (χ1v) is 4.24. The maximum atomic E-state index is 11.9. The lowest BCUT2D eigenvalue weighted by molar-refractivity contribution is -0.141. The quantitative estimate of drug-likeness (QED) is 0.678. The van der Waals surface area contributed by atoms with Crippen molar-refractivity contribution in [3.8, 4) is 0 Å². The molecule has 0 unspecified atom stereocenters. The first-order valence-electron chi connectivity index (χ1n) is 4.24. The Kier molecular flexibility index (Phi) is 3.06. The van der Waals surface area contributed by atoms with Crippen molar-refractivity contribution in [3.63, 3.8) is 0 Å². The minimum absolute atomic E-state index is 0.355. The molecule has 0 atom stereocenters. The minimum atomic E-state index is -4.10. The van der Waals surface area contributed by atoms with Gasteiger partial charge in [0.05, 0.1) is 6.67 Å². The Hall–Kier alpha value is -0.870. The average Bonchev–Trinajstić information content (AvgIpc) is 2.33. The summed E-state index contributed by atoms with van der Waals surface area (Å²) < 4.78 is 35.8. The van der Waals surface area contributed by atoms with Crippen LogP contribution in [0.15, 0.2) is 12.4 Å². The number of rotatable bonds is 3. The van der Waals surface area contributed by atoms with Gasteiger partial charge in [0.2, 0.25) is 0 Å².